The summed E-state index contributed by atoms with van der Waals surface area (Å²) >= 11 is 0. The van der Waals surface area contributed by atoms with Crippen LogP contribution in [0.3, 0.4) is 0 Å². The smallest absolute Gasteiger partial charge is 0.246 e. The van der Waals surface area contributed by atoms with Crippen molar-refractivity contribution in [1.82, 2.24) is 9.88 Å². The standard InChI is InChI=1S/C18H18N2O2/c21-18(9-8-15-5-4-10-19-13-15)20-11-12-22-17(14-20)16-6-2-1-3-7-16/h1-10,13,17H,11-12,14H2/b9-8+. The second-order valence-electron chi connectivity index (χ2n) is 5.17. The third-order valence-corrected chi connectivity index (χ3v) is 3.65. The Bertz CT molecular complexity index is 641. The Morgan fingerprint density at radius 3 is 2.86 bits per heavy atom. The van der Waals surface area contributed by atoms with Gasteiger partial charge in [-0.2, -0.15) is 0 Å². The van der Waals surface area contributed by atoms with Crippen molar-refractivity contribution in [3.8, 4) is 0 Å². The number of hydrogen-bond acceptors (Lipinski definition) is 3. The normalized spacial score (nSPS) is 18.5. The third kappa shape index (κ3) is 3.59. The summed E-state index contributed by atoms with van der Waals surface area (Å²) in [5.74, 6) is 0.00749. The quantitative estimate of drug-likeness (QED) is 0.817. The molecule has 4 nitrogen and oxygen atoms in total. The summed E-state index contributed by atoms with van der Waals surface area (Å²) in [6, 6.07) is 13.8. The highest BCUT2D eigenvalue weighted by atomic mass is 16.5. The molecule has 1 amide bonds. The van der Waals surface area contributed by atoms with Gasteiger partial charge in [0.25, 0.3) is 0 Å². The molecule has 1 fully saturated rings. The summed E-state index contributed by atoms with van der Waals surface area (Å²) < 4.78 is 5.78. The van der Waals surface area contributed by atoms with E-state index in [1.165, 1.54) is 0 Å². The molecule has 112 valence electrons. The van der Waals surface area contributed by atoms with Crippen molar-refractivity contribution in [3.63, 3.8) is 0 Å². The van der Waals surface area contributed by atoms with Crippen molar-refractivity contribution in [3.05, 3.63) is 72.1 Å². The van der Waals surface area contributed by atoms with Gasteiger partial charge in [-0.3, -0.25) is 9.78 Å². The van der Waals surface area contributed by atoms with Crippen LogP contribution in [0.5, 0.6) is 0 Å². The van der Waals surface area contributed by atoms with Crippen LogP contribution in [0.25, 0.3) is 6.08 Å². The fraction of sp³-hybridized carbons (Fsp3) is 0.222. The van der Waals surface area contributed by atoms with Gasteiger partial charge in [0.1, 0.15) is 6.10 Å². The first-order valence-electron chi connectivity index (χ1n) is 7.36. The van der Waals surface area contributed by atoms with Crippen LogP contribution >= 0.6 is 0 Å². The van der Waals surface area contributed by atoms with Crippen LogP contribution in [0.15, 0.2) is 60.9 Å². The van der Waals surface area contributed by atoms with Crippen LogP contribution in [0.2, 0.25) is 0 Å². The molecule has 1 unspecified atom stereocenters. The van der Waals surface area contributed by atoms with Crippen LogP contribution in [0.1, 0.15) is 17.2 Å². The summed E-state index contributed by atoms with van der Waals surface area (Å²) in [7, 11) is 0. The van der Waals surface area contributed by atoms with E-state index in [4.69, 9.17) is 4.74 Å². The molecule has 1 aromatic heterocycles. The van der Waals surface area contributed by atoms with Gasteiger partial charge in [0.2, 0.25) is 5.91 Å². The molecule has 0 N–H and O–H groups in total. The second-order valence-corrected chi connectivity index (χ2v) is 5.17. The molecule has 2 aromatic rings. The van der Waals surface area contributed by atoms with E-state index >= 15 is 0 Å². The summed E-state index contributed by atoms with van der Waals surface area (Å²) in [6.45, 7) is 1.77. The topological polar surface area (TPSA) is 42.4 Å². The van der Waals surface area contributed by atoms with Crippen molar-refractivity contribution < 1.29 is 9.53 Å². The van der Waals surface area contributed by atoms with Crippen LogP contribution < -0.4 is 0 Å². The SMILES string of the molecule is O=C(/C=C/c1cccnc1)N1CCOC(c2ccccc2)C1. The molecule has 22 heavy (non-hydrogen) atoms. The highest BCUT2D eigenvalue weighted by molar-refractivity contribution is 5.91. The Hall–Kier alpha value is -2.46. The number of nitrogens with zero attached hydrogens (tertiary/aromatic N) is 2. The number of benzene rings is 1. The molecule has 0 bridgehead atoms. The Balaban J connectivity index is 1.64. The highest BCUT2D eigenvalue weighted by Crippen LogP contribution is 2.22. The Morgan fingerprint density at radius 1 is 1.23 bits per heavy atom. The van der Waals surface area contributed by atoms with Crippen molar-refractivity contribution in [2.75, 3.05) is 19.7 Å². The molecule has 0 saturated carbocycles. The van der Waals surface area contributed by atoms with E-state index < -0.39 is 0 Å². The second kappa shape index (κ2) is 7.00. The van der Waals surface area contributed by atoms with E-state index in [-0.39, 0.29) is 12.0 Å². The maximum absolute atomic E-state index is 12.3. The molecule has 1 atom stereocenters. The van der Waals surface area contributed by atoms with Crippen LogP contribution in [0, 0.1) is 0 Å². The summed E-state index contributed by atoms with van der Waals surface area (Å²) in [5, 5.41) is 0. The Kier molecular flexibility index (Phi) is 4.61. The Labute approximate surface area is 130 Å². The largest absolute Gasteiger partial charge is 0.370 e. The lowest BCUT2D eigenvalue weighted by Crippen LogP contribution is -2.41. The fourth-order valence-corrected chi connectivity index (χ4v) is 2.47. The average Bonchev–Trinajstić information content (AvgIpc) is 2.61. The number of pyridine rings is 1. The molecule has 2 heterocycles. The number of carbonyl (C=O) groups is 1. The van der Waals surface area contributed by atoms with Gasteiger partial charge in [0, 0.05) is 25.0 Å². The highest BCUT2D eigenvalue weighted by Gasteiger charge is 2.23. The van der Waals surface area contributed by atoms with E-state index in [9.17, 15) is 4.79 Å². The van der Waals surface area contributed by atoms with Crippen LogP contribution in [-0.4, -0.2) is 35.5 Å². The minimum Gasteiger partial charge on any atom is -0.370 e. The number of carbonyl (C=O) groups excluding carboxylic acids is 1. The fourth-order valence-electron chi connectivity index (χ4n) is 2.47. The van der Waals surface area contributed by atoms with Crippen LogP contribution in [-0.2, 0) is 9.53 Å². The lowest BCUT2D eigenvalue weighted by atomic mass is 10.1. The average molecular weight is 294 g/mol. The first-order valence-corrected chi connectivity index (χ1v) is 7.36. The van der Waals surface area contributed by atoms with E-state index in [1.807, 2.05) is 47.4 Å². The van der Waals surface area contributed by atoms with Gasteiger partial charge in [-0.05, 0) is 23.3 Å². The Morgan fingerprint density at radius 2 is 2.09 bits per heavy atom. The zero-order valence-electron chi connectivity index (χ0n) is 12.3. The maximum Gasteiger partial charge on any atom is 0.246 e. The number of morpholine rings is 1. The minimum absolute atomic E-state index is 0.00749. The number of hydrogen-bond donors (Lipinski definition) is 0. The summed E-state index contributed by atoms with van der Waals surface area (Å²) in [4.78, 5) is 18.2. The number of aromatic nitrogens is 1. The van der Waals surface area contributed by atoms with Crippen molar-refractivity contribution in [2.45, 2.75) is 6.10 Å². The molecular formula is C18H18N2O2. The molecular weight excluding hydrogens is 276 g/mol. The molecule has 1 saturated heterocycles. The third-order valence-electron chi connectivity index (χ3n) is 3.65. The van der Waals surface area contributed by atoms with E-state index in [2.05, 4.69) is 4.98 Å². The molecule has 1 aliphatic heterocycles. The number of amides is 1. The van der Waals surface area contributed by atoms with Gasteiger partial charge in [0.05, 0.1) is 13.2 Å². The van der Waals surface area contributed by atoms with E-state index in [0.717, 1.165) is 11.1 Å². The molecule has 1 aromatic carbocycles. The van der Waals surface area contributed by atoms with Gasteiger partial charge >= 0.3 is 0 Å². The molecule has 0 aliphatic carbocycles. The van der Waals surface area contributed by atoms with Crippen LogP contribution in [0.4, 0.5) is 0 Å². The molecule has 0 spiro atoms. The summed E-state index contributed by atoms with van der Waals surface area (Å²) in [5.41, 5.74) is 2.03. The zero-order valence-corrected chi connectivity index (χ0v) is 12.3. The molecule has 4 heteroatoms. The molecule has 1 aliphatic rings. The predicted molar refractivity (Wildman–Crippen MR) is 85.0 cm³/mol. The molecule has 3 rings (SSSR count). The zero-order chi connectivity index (χ0) is 15.2. The predicted octanol–water partition coefficient (Wildman–Crippen LogP) is 2.69. The molecule has 0 radical (unpaired) electrons. The van der Waals surface area contributed by atoms with Crippen molar-refractivity contribution >= 4 is 12.0 Å². The van der Waals surface area contributed by atoms with Gasteiger partial charge < -0.3 is 9.64 Å². The first kappa shape index (κ1) is 14.5. The van der Waals surface area contributed by atoms with Gasteiger partial charge in [-0.15, -0.1) is 0 Å². The first-order chi connectivity index (χ1) is 10.8. The summed E-state index contributed by atoms with van der Waals surface area (Å²) in [6.07, 6.45) is 6.79. The number of ether oxygens (including phenoxy) is 1. The monoisotopic (exact) mass is 294 g/mol. The van der Waals surface area contributed by atoms with Gasteiger partial charge in [-0.1, -0.05) is 36.4 Å². The van der Waals surface area contributed by atoms with E-state index in [1.54, 1.807) is 24.5 Å². The lowest BCUT2D eigenvalue weighted by Gasteiger charge is -2.32. The van der Waals surface area contributed by atoms with Gasteiger partial charge in [0.15, 0.2) is 0 Å². The van der Waals surface area contributed by atoms with E-state index in [0.29, 0.717) is 19.7 Å². The van der Waals surface area contributed by atoms with Gasteiger partial charge in [-0.25, -0.2) is 0 Å². The maximum atomic E-state index is 12.3. The van der Waals surface area contributed by atoms with Crippen molar-refractivity contribution in [1.29, 1.82) is 0 Å². The minimum atomic E-state index is -0.0503. The lowest BCUT2D eigenvalue weighted by molar-refractivity contribution is -0.133. The number of rotatable bonds is 3. The van der Waals surface area contributed by atoms with Crippen molar-refractivity contribution in [2.24, 2.45) is 0 Å².